The van der Waals surface area contributed by atoms with Crippen molar-refractivity contribution in [2.45, 2.75) is 0 Å². The normalized spacial score (nSPS) is 10.5. The molecule has 0 heterocycles. The summed E-state index contributed by atoms with van der Waals surface area (Å²) < 4.78 is 0. The topological polar surface area (TPSA) is 163 Å². The second-order valence-electron chi connectivity index (χ2n) is 6.66. The number of para-hydroxylation sites is 1. The molecule has 0 aromatic heterocycles. The first-order valence-electron chi connectivity index (χ1n) is 9.52. The first kappa shape index (κ1) is 23.9. The van der Waals surface area contributed by atoms with Crippen LogP contribution in [-0.4, -0.2) is 34.0 Å². The molecule has 34 heavy (non-hydrogen) atoms. The first-order valence-corrected chi connectivity index (χ1v) is 9.90. The molecular formula is C22H16ClN5O6. The van der Waals surface area contributed by atoms with Crippen molar-refractivity contribution in [2.75, 3.05) is 10.6 Å². The molecule has 3 aromatic rings. The Kier molecular flexibility index (Phi) is 7.52. The summed E-state index contributed by atoms with van der Waals surface area (Å²) in [4.78, 5) is 47.1. The molecule has 0 aliphatic heterocycles. The molecule has 0 aliphatic rings. The van der Waals surface area contributed by atoms with Crippen LogP contribution in [0.3, 0.4) is 0 Å². The molecule has 0 saturated heterocycles. The number of nitrogens with zero attached hydrogens (tertiary/aromatic N) is 2. The summed E-state index contributed by atoms with van der Waals surface area (Å²) in [6.07, 6.45) is 0.945. The Labute approximate surface area is 197 Å². The third kappa shape index (κ3) is 6.14. The molecule has 11 nitrogen and oxygen atoms in total. The van der Waals surface area contributed by atoms with Crippen LogP contribution in [0.1, 0.15) is 15.9 Å². The van der Waals surface area contributed by atoms with Gasteiger partial charge in [-0.15, -0.1) is 0 Å². The quantitative estimate of drug-likeness (QED) is 0.182. The summed E-state index contributed by atoms with van der Waals surface area (Å²) in [5.41, 5.74) is 2.27. The number of nitro groups is 1. The van der Waals surface area contributed by atoms with E-state index in [-0.39, 0.29) is 28.3 Å². The summed E-state index contributed by atoms with van der Waals surface area (Å²) in [6.45, 7) is 0. The van der Waals surface area contributed by atoms with E-state index in [0.29, 0.717) is 10.7 Å². The summed E-state index contributed by atoms with van der Waals surface area (Å²) in [6, 6.07) is 15.7. The Morgan fingerprint density at radius 1 is 0.971 bits per heavy atom. The van der Waals surface area contributed by atoms with Crippen molar-refractivity contribution in [2.24, 2.45) is 5.10 Å². The van der Waals surface area contributed by atoms with Crippen LogP contribution >= 0.6 is 11.6 Å². The Morgan fingerprint density at radius 2 is 1.68 bits per heavy atom. The molecule has 3 aromatic carbocycles. The van der Waals surface area contributed by atoms with E-state index in [2.05, 4.69) is 15.7 Å². The van der Waals surface area contributed by atoms with Crippen molar-refractivity contribution < 1.29 is 24.4 Å². The van der Waals surface area contributed by atoms with E-state index in [1.165, 1.54) is 12.1 Å². The van der Waals surface area contributed by atoms with Gasteiger partial charge >= 0.3 is 11.8 Å². The van der Waals surface area contributed by atoms with Crippen LogP contribution < -0.4 is 16.1 Å². The number of hydrogen-bond donors (Lipinski definition) is 4. The van der Waals surface area contributed by atoms with Crippen LogP contribution in [0.4, 0.5) is 17.1 Å². The zero-order chi connectivity index (χ0) is 24.7. The van der Waals surface area contributed by atoms with Crippen LogP contribution in [0.5, 0.6) is 5.75 Å². The summed E-state index contributed by atoms with van der Waals surface area (Å²) in [7, 11) is 0. The zero-order valence-corrected chi connectivity index (χ0v) is 17.9. The number of benzene rings is 3. The molecule has 0 bridgehead atoms. The van der Waals surface area contributed by atoms with Gasteiger partial charge in [-0.2, -0.15) is 5.10 Å². The molecule has 0 radical (unpaired) electrons. The Bertz CT molecular complexity index is 1290. The predicted octanol–water partition coefficient (Wildman–Crippen LogP) is 3.29. The van der Waals surface area contributed by atoms with Crippen molar-refractivity contribution in [1.82, 2.24) is 5.43 Å². The van der Waals surface area contributed by atoms with E-state index in [1.807, 2.05) is 5.43 Å². The lowest BCUT2D eigenvalue weighted by Crippen LogP contribution is -2.33. The van der Waals surface area contributed by atoms with Gasteiger partial charge < -0.3 is 15.7 Å². The number of hydrogen-bond acceptors (Lipinski definition) is 7. The van der Waals surface area contributed by atoms with Gasteiger partial charge in [0.25, 0.3) is 11.6 Å². The Morgan fingerprint density at radius 3 is 2.38 bits per heavy atom. The number of carbonyl (C=O) groups excluding carboxylic acids is 3. The number of carbonyl (C=O) groups is 3. The fourth-order valence-electron chi connectivity index (χ4n) is 2.67. The van der Waals surface area contributed by atoms with Crippen LogP contribution in [0.25, 0.3) is 0 Å². The van der Waals surface area contributed by atoms with E-state index in [1.54, 1.807) is 36.4 Å². The Hall–Kier alpha value is -4.77. The average Bonchev–Trinajstić information content (AvgIpc) is 2.81. The molecule has 0 spiro atoms. The minimum absolute atomic E-state index is 0.0425. The predicted molar refractivity (Wildman–Crippen MR) is 125 cm³/mol. The van der Waals surface area contributed by atoms with Gasteiger partial charge in [-0.25, -0.2) is 5.43 Å². The maximum absolute atomic E-state index is 12.6. The van der Waals surface area contributed by atoms with E-state index in [4.69, 9.17) is 11.6 Å². The van der Waals surface area contributed by atoms with Crippen LogP contribution in [0.15, 0.2) is 71.8 Å². The minimum atomic E-state index is -1.17. The minimum Gasteiger partial charge on any atom is -0.507 e. The number of amides is 3. The number of aromatic hydroxyl groups is 1. The lowest BCUT2D eigenvalue weighted by molar-refractivity contribution is -0.384. The van der Waals surface area contributed by atoms with Crippen LogP contribution in [-0.2, 0) is 9.59 Å². The van der Waals surface area contributed by atoms with Gasteiger partial charge in [-0.3, -0.25) is 24.5 Å². The Balaban J connectivity index is 1.65. The van der Waals surface area contributed by atoms with Crippen LogP contribution in [0.2, 0.25) is 5.02 Å². The number of hydrazone groups is 1. The van der Waals surface area contributed by atoms with Crippen molar-refractivity contribution in [3.05, 3.63) is 93.0 Å². The van der Waals surface area contributed by atoms with Gasteiger partial charge in [0, 0.05) is 28.4 Å². The fourth-order valence-corrected chi connectivity index (χ4v) is 2.80. The van der Waals surface area contributed by atoms with Gasteiger partial charge in [0.1, 0.15) is 5.75 Å². The number of halogens is 1. The molecule has 0 atom stereocenters. The number of nitrogens with one attached hydrogen (secondary N) is 3. The molecular weight excluding hydrogens is 466 g/mol. The highest BCUT2D eigenvalue weighted by Crippen LogP contribution is 2.21. The molecule has 172 valence electrons. The number of rotatable bonds is 6. The molecule has 0 fully saturated rings. The molecule has 3 rings (SSSR count). The molecule has 0 saturated carbocycles. The van der Waals surface area contributed by atoms with Crippen molar-refractivity contribution in [3.63, 3.8) is 0 Å². The highest BCUT2D eigenvalue weighted by molar-refractivity contribution is 6.40. The maximum atomic E-state index is 12.6. The summed E-state index contributed by atoms with van der Waals surface area (Å²) >= 11 is 5.83. The molecule has 0 aliphatic carbocycles. The maximum Gasteiger partial charge on any atom is 0.329 e. The van der Waals surface area contributed by atoms with Gasteiger partial charge in [0.05, 0.1) is 22.4 Å². The third-order valence-corrected chi connectivity index (χ3v) is 4.57. The first-order chi connectivity index (χ1) is 16.2. The van der Waals surface area contributed by atoms with E-state index in [0.717, 1.165) is 24.4 Å². The highest BCUT2D eigenvalue weighted by atomic mass is 35.5. The fraction of sp³-hybridized carbons (Fsp3) is 0. The lowest BCUT2D eigenvalue weighted by Gasteiger charge is -2.11. The third-order valence-electron chi connectivity index (χ3n) is 4.32. The summed E-state index contributed by atoms with van der Waals surface area (Å²) in [5.74, 6) is -3.13. The number of anilines is 2. The van der Waals surface area contributed by atoms with E-state index in [9.17, 15) is 29.6 Å². The molecule has 4 N–H and O–H groups in total. The second kappa shape index (κ2) is 10.7. The van der Waals surface area contributed by atoms with Crippen LogP contribution in [0, 0.1) is 10.1 Å². The van der Waals surface area contributed by atoms with Gasteiger partial charge in [-0.05, 0) is 42.5 Å². The number of phenols is 1. The van der Waals surface area contributed by atoms with E-state index < -0.39 is 22.6 Å². The SMILES string of the molecule is O=C(N/N=C/c1cc([N+](=O)[O-])ccc1O)C(=O)Nc1ccccc1C(=O)Nc1ccc(Cl)cc1. The standard InChI is InChI=1S/C22H16ClN5O6/c23-14-5-7-15(8-6-14)25-20(30)17-3-1-2-4-18(17)26-21(31)22(32)27-24-12-13-11-16(28(33)34)9-10-19(13)29/h1-12,29H,(H,25,30)(H,26,31)(H,27,32)/b24-12+. The molecule has 3 amide bonds. The average molecular weight is 482 g/mol. The molecule has 12 heteroatoms. The second-order valence-corrected chi connectivity index (χ2v) is 7.10. The monoisotopic (exact) mass is 481 g/mol. The van der Waals surface area contributed by atoms with Crippen molar-refractivity contribution >= 4 is 52.6 Å². The smallest absolute Gasteiger partial charge is 0.329 e. The highest BCUT2D eigenvalue weighted by Gasteiger charge is 2.18. The largest absolute Gasteiger partial charge is 0.507 e. The summed E-state index contributed by atoms with van der Waals surface area (Å²) in [5, 5.41) is 29.6. The number of phenolic OH excluding ortho intramolecular Hbond substituents is 1. The number of nitro benzene ring substituents is 1. The zero-order valence-electron chi connectivity index (χ0n) is 17.2. The molecule has 0 unspecified atom stereocenters. The van der Waals surface area contributed by atoms with Gasteiger partial charge in [0.15, 0.2) is 0 Å². The lowest BCUT2D eigenvalue weighted by atomic mass is 10.1. The van der Waals surface area contributed by atoms with E-state index >= 15 is 0 Å². The van der Waals surface area contributed by atoms with Crippen molar-refractivity contribution in [3.8, 4) is 5.75 Å². The van der Waals surface area contributed by atoms with Crippen molar-refractivity contribution in [1.29, 1.82) is 0 Å². The van der Waals surface area contributed by atoms with Gasteiger partial charge in [0.2, 0.25) is 0 Å². The number of non-ortho nitro benzene ring substituents is 1. The van der Waals surface area contributed by atoms with Gasteiger partial charge in [-0.1, -0.05) is 23.7 Å².